The summed E-state index contributed by atoms with van der Waals surface area (Å²) in [5.74, 6) is -1.29. The molecule has 0 unspecified atom stereocenters. The van der Waals surface area contributed by atoms with E-state index in [9.17, 15) is 4.79 Å². The Morgan fingerprint density at radius 1 is 1.24 bits per heavy atom. The van der Waals surface area contributed by atoms with Crippen LogP contribution in [0.4, 0.5) is 0 Å². The normalized spacial score (nSPS) is 45.0. The third kappa shape index (κ3) is 2.19. The first kappa shape index (κ1) is 12.8. The van der Waals surface area contributed by atoms with Gasteiger partial charge in [-0.05, 0) is 20.8 Å². The minimum absolute atomic E-state index is 0.0354. The number of carbonyl (C=O) groups is 1. The Morgan fingerprint density at radius 2 is 1.88 bits per heavy atom. The highest BCUT2D eigenvalue weighted by molar-refractivity contribution is 5.73. The molecule has 98 valence electrons. The number of hydrogen-bond acceptors (Lipinski definition) is 5. The number of fused-ring (bicyclic) bond motifs is 1. The molecule has 2 aliphatic rings. The number of hydrogen-bond donors (Lipinski definition) is 0. The summed E-state index contributed by atoms with van der Waals surface area (Å²) in [6.45, 7) is 7.43. The predicted octanol–water partition coefficient (Wildman–Crippen LogP) is 1.31. The Morgan fingerprint density at radius 3 is 2.47 bits per heavy atom. The Labute approximate surface area is 101 Å². The fraction of sp³-hybridized carbons (Fsp3) is 0.917. The molecular formula is C12H20O5. The minimum Gasteiger partial charge on any atom is -0.432 e. The summed E-state index contributed by atoms with van der Waals surface area (Å²) in [6, 6.07) is 0. The predicted molar refractivity (Wildman–Crippen MR) is 59.0 cm³/mol. The summed E-state index contributed by atoms with van der Waals surface area (Å²) in [5.41, 5.74) is 0. The van der Waals surface area contributed by atoms with Crippen LogP contribution >= 0.6 is 0 Å². The molecule has 2 fully saturated rings. The highest BCUT2D eigenvalue weighted by Gasteiger charge is 2.52. The van der Waals surface area contributed by atoms with Crippen molar-refractivity contribution in [3.05, 3.63) is 0 Å². The first-order chi connectivity index (χ1) is 7.85. The molecule has 0 bridgehead atoms. The van der Waals surface area contributed by atoms with E-state index in [1.807, 2.05) is 20.8 Å². The smallest absolute Gasteiger partial charge is 0.313 e. The van der Waals surface area contributed by atoms with Gasteiger partial charge in [0, 0.05) is 13.0 Å². The summed E-state index contributed by atoms with van der Waals surface area (Å²) in [5, 5.41) is 0. The fourth-order valence-electron chi connectivity index (χ4n) is 2.62. The van der Waals surface area contributed by atoms with E-state index in [0.29, 0.717) is 0 Å². The van der Waals surface area contributed by atoms with Gasteiger partial charge in [-0.3, -0.25) is 4.79 Å². The molecule has 0 aromatic carbocycles. The van der Waals surface area contributed by atoms with Crippen molar-refractivity contribution in [2.24, 2.45) is 11.8 Å². The third-order valence-electron chi connectivity index (χ3n) is 3.49. The summed E-state index contributed by atoms with van der Waals surface area (Å²) in [6.07, 6.45) is -1.12. The highest BCUT2D eigenvalue weighted by atomic mass is 16.8. The highest BCUT2D eigenvalue weighted by Crippen LogP contribution is 2.38. The van der Waals surface area contributed by atoms with Crippen molar-refractivity contribution in [3.8, 4) is 0 Å². The molecule has 0 amide bonds. The van der Waals surface area contributed by atoms with E-state index in [4.69, 9.17) is 18.9 Å². The van der Waals surface area contributed by atoms with Gasteiger partial charge in [0.05, 0.1) is 12.0 Å². The number of ether oxygens (including phenoxy) is 4. The molecule has 17 heavy (non-hydrogen) atoms. The van der Waals surface area contributed by atoms with Crippen LogP contribution in [0.2, 0.25) is 0 Å². The van der Waals surface area contributed by atoms with Gasteiger partial charge in [0.2, 0.25) is 6.29 Å². The largest absolute Gasteiger partial charge is 0.432 e. The van der Waals surface area contributed by atoms with Gasteiger partial charge in [-0.25, -0.2) is 0 Å². The lowest BCUT2D eigenvalue weighted by atomic mass is 9.90. The van der Waals surface area contributed by atoms with Gasteiger partial charge in [0.15, 0.2) is 5.79 Å². The minimum atomic E-state index is -0.720. The molecule has 5 heteroatoms. The molecule has 0 radical (unpaired) electrons. The molecule has 0 aliphatic carbocycles. The van der Waals surface area contributed by atoms with Gasteiger partial charge in [-0.1, -0.05) is 6.92 Å². The maximum atomic E-state index is 11.8. The quantitative estimate of drug-likeness (QED) is 0.651. The van der Waals surface area contributed by atoms with Crippen LogP contribution in [0.5, 0.6) is 0 Å². The Balaban J connectivity index is 2.26. The van der Waals surface area contributed by atoms with Crippen LogP contribution in [-0.2, 0) is 23.7 Å². The molecule has 0 aromatic heterocycles. The Bertz CT molecular complexity index is 314. The molecule has 2 heterocycles. The zero-order valence-electron chi connectivity index (χ0n) is 10.9. The molecule has 2 rings (SSSR count). The van der Waals surface area contributed by atoms with E-state index in [0.717, 1.165) is 0 Å². The molecule has 5 atom stereocenters. The number of methoxy groups -OCH3 is 1. The summed E-state index contributed by atoms with van der Waals surface area (Å²) in [4.78, 5) is 11.8. The van der Waals surface area contributed by atoms with Gasteiger partial charge in [0.25, 0.3) is 0 Å². The van der Waals surface area contributed by atoms with Gasteiger partial charge < -0.3 is 18.9 Å². The maximum absolute atomic E-state index is 11.8. The average molecular weight is 244 g/mol. The van der Waals surface area contributed by atoms with Crippen molar-refractivity contribution in [3.63, 3.8) is 0 Å². The van der Waals surface area contributed by atoms with Crippen molar-refractivity contribution in [1.82, 2.24) is 0 Å². The molecule has 2 aliphatic heterocycles. The monoisotopic (exact) mass is 244 g/mol. The molecule has 0 saturated carbocycles. The lowest BCUT2D eigenvalue weighted by Gasteiger charge is -2.27. The zero-order chi connectivity index (χ0) is 12.8. The van der Waals surface area contributed by atoms with E-state index >= 15 is 0 Å². The van der Waals surface area contributed by atoms with E-state index < -0.39 is 12.1 Å². The second-order valence-electron chi connectivity index (χ2n) is 5.25. The average Bonchev–Trinajstić information content (AvgIpc) is 2.50. The molecular weight excluding hydrogens is 224 g/mol. The molecule has 0 N–H and O–H groups in total. The van der Waals surface area contributed by atoms with Crippen LogP contribution < -0.4 is 0 Å². The van der Waals surface area contributed by atoms with Crippen LogP contribution in [0, 0.1) is 11.8 Å². The van der Waals surface area contributed by atoms with Crippen LogP contribution in [0.1, 0.15) is 27.7 Å². The van der Waals surface area contributed by atoms with E-state index in [-0.39, 0.29) is 30.0 Å². The fourth-order valence-corrected chi connectivity index (χ4v) is 2.62. The van der Waals surface area contributed by atoms with Crippen molar-refractivity contribution in [1.29, 1.82) is 0 Å². The second kappa shape index (κ2) is 4.23. The third-order valence-corrected chi connectivity index (χ3v) is 3.49. The Kier molecular flexibility index (Phi) is 3.18. The van der Waals surface area contributed by atoms with Crippen molar-refractivity contribution in [2.45, 2.75) is 52.0 Å². The summed E-state index contributed by atoms with van der Waals surface area (Å²) >= 11 is 0. The standard InChI is InChI=1S/C12H20O5/c1-6-8(14-5)7(2)10(13)15-11-9(6)16-12(3,4)17-11/h6-9,11H,1-5H3/t6-,7-,8-,9-,11-/m1/s1. The van der Waals surface area contributed by atoms with Gasteiger partial charge in [-0.2, -0.15) is 0 Å². The van der Waals surface area contributed by atoms with Gasteiger partial charge in [-0.15, -0.1) is 0 Å². The summed E-state index contributed by atoms with van der Waals surface area (Å²) in [7, 11) is 1.60. The first-order valence-corrected chi connectivity index (χ1v) is 5.94. The van der Waals surface area contributed by atoms with E-state index in [1.54, 1.807) is 14.0 Å². The number of rotatable bonds is 1. The molecule has 2 saturated heterocycles. The maximum Gasteiger partial charge on any atom is 0.313 e. The first-order valence-electron chi connectivity index (χ1n) is 5.94. The topological polar surface area (TPSA) is 54.0 Å². The lowest BCUT2D eigenvalue weighted by Crippen LogP contribution is -2.38. The van der Waals surface area contributed by atoms with E-state index in [1.165, 1.54) is 0 Å². The molecule has 5 nitrogen and oxygen atoms in total. The van der Waals surface area contributed by atoms with Crippen molar-refractivity contribution in [2.75, 3.05) is 7.11 Å². The van der Waals surface area contributed by atoms with Crippen LogP contribution in [0.3, 0.4) is 0 Å². The van der Waals surface area contributed by atoms with Crippen LogP contribution in [0.25, 0.3) is 0 Å². The van der Waals surface area contributed by atoms with Crippen LogP contribution in [0.15, 0.2) is 0 Å². The molecule has 0 spiro atoms. The van der Waals surface area contributed by atoms with Crippen molar-refractivity contribution < 1.29 is 23.7 Å². The van der Waals surface area contributed by atoms with E-state index in [2.05, 4.69) is 0 Å². The Hall–Kier alpha value is -0.650. The second-order valence-corrected chi connectivity index (χ2v) is 5.25. The summed E-state index contributed by atoms with van der Waals surface area (Å²) < 4.78 is 22.1. The number of carbonyl (C=O) groups excluding carboxylic acids is 1. The van der Waals surface area contributed by atoms with Crippen LogP contribution in [-0.4, -0.2) is 37.4 Å². The lowest BCUT2D eigenvalue weighted by molar-refractivity contribution is -0.202. The van der Waals surface area contributed by atoms with Gasteiger partial charge in [0.1, 0.15) is 6.10 Å². The zero-order valence-corrected chi connectivity index (χ0v) is 10.9. The molecule has 0 aromatic rings. The van der Waals surface area contributed by atoms with Gasteiger partial charge >= 0.3 is 5.97 Å². The number of esters is 1. The SMILES string of the molecule is CO[C@@H]1[C@@H](C)[C@H]2OC(C)(C)O[C@H]2OC(=O)[C@@H]1C. The van der Waals surface area contributed by atoms with Crippen molar-refractivity contribution >= 4 is 5.97 Å².